The van der Waals surface area contributed by atoms with Crippen LogP contribution in [0.4, 0.5) is 4.39 Å². The molecule has 1 aromatic heterocycles. The van der Waals surface area contributed by atoms with E-state index in [1.807, 2.05) is 44.7 Å². The molecule has 1 aliphatic heterocycles. The van der Waals surface area contributed by atoms with Gasteiger partial charge in [-0.3, -0.25) is 4.79 Å². The fraction of sp³-hybridized carbons (Fsp3) is 0.478. The first-order chi connectivity index (χ1) is 13.6. The molecule has 154 valence electrons. The van der Waals surface area contributed by atoms with E-state index in [1.165, 1.54) is 12.1 Å². The summed E-state index contributed by atoms with van der Waals surface area (Å²) in [7, 11) is 0. The molecular weight excluding hydrogens is 369 g/mol. The number of likely N-dealkylation sites (tertiary alicyclic amines) is 1. The molecular formula is C23H28FN3O2. The molecule has 6 heteroatoms. The number of halogens is 1. The molecule has 2 fully saturated rings. The summed E-state index contributed by atoms with van der Waals surface area (Å²) < 4.78 is 19.5. The summed E-state index contributed by atoms with van der Waals surface area (Å²) in [6, 6.07) is 10.4. The van der Waals surface area contributed by atoms with Crippen molar-refractivity contribution in [2.75, 3.05) is 6.54 Å². The van der Waals surface area contributed by atoms with Crippen LogP contribution in [0.1, 0.15) is 39.7 Å². The predicted octanol–water partition coefficient (Wildman–Crippen LogP) is 3.72. The summed E-state index contributed by atoms with van der Waals surface area (Å²) in [4.78, 5) is 18.8. The zero-order valence-corrected chi connectivity index (χ0v) is 17.4. The van der Waals surface area contributed by atoms with E-state index >= 15 is 0 Å². The Balaban J connectivity index is 1.53. The van der Waals surface area contributed by atoms with Gasteiger partial charge in [-0.15, -0.1) is 0 Å². The lowest BCUT2D eigenvalue weighted by Gasteiger charge is -2.59. The van der Waals surface area contributed by atoms with Crippen LogP contribution in [0.25, 0.3) is 11.3 Å². The minimum atomic E-state index is -0.561. The maximum absolute atomic E-state index is 13.3. The Morgan fingerprint density at radius 2 is 1.97 bits per heavy atom. The van der Waals surface area contributed by atoms with Crippen molar-refractivity contribution in [1.82, 2.24) is 9.88 Å². The highest BCUT2D eigenvalue weighted by Crippen LogP contribution is 2.44. The zero-order chi connectivity index (χ0) is 20.9. The van der Waals surface area contributed by atoms with Crippen LogP contribution in [-0.2, 0) is 10.3 Å². The average Bonchev–Trinajstić information content (AvgIpc) is 2.64. The molecule has 2 N–H and O–H groups in total. The molecule has 0 bridgehead atoms. The number of pyridine rings is 1. The van der Waals surface area contributed by atoms with Gasteiger partial charge in [-0.25, -0.2) is 9.37 Å². The summed E-state index contributed by atoms with van der Waals surface area (Å²) >= 11 is 0. The SMILES string of the molecule is CC(C)C(=O)N1C[C@@H]2[C@H]1C[C@H]2Oc1cc(C(C)(C)N)cc(-c2ccc(F)cc2)n1. The second kappa shape index (κ2) is 7.10. The first kappa shape index (κ1) is 19.8. The molecule has 2 heterocycles. The lowest BCUT2D eigenvalue weighted by molar-refractivity contribution is -0.174. The third-order valence-electron chi connectivity index (χ3n) is 5.99. The Morgan fingerprint density at radius 3 is 2.52 bits per heavy atom. The Morgan fingerprint density at radius 1 is 1.28 bits per heavy atom. The highest BCUT2D eigenvalue weighted by atomic mass is 19.1. The highest BCUT2D eigenvalue weighted by molar-refractivity contribution is 5.79. The van der Waals surface area contributed by atoms with E-state index in [4.69, 9.17) is 10.5 Å². The number of nitrogens with zero attached hydrogens (tertiary/aromatic N) is 2. The van der Waals surface area contributed by atoms with Gasteiger partial charge in [-0.05, 0) is 49.7 Å². The van der Waals surface area contributed by atoms with E-state index in [0.717, 1.165) is 24.1 Å². The van der Waals surface area contributed by atoms with E-state index in [2.05, 4.69) is 4.98 Å². The number of aromatic nitrogens is 1. The van der Waals surface area contributed by atoms with Crippen LogP contribution >= 0.6 is 0 Å². The third-order valence-corrected chi connectivity index (χ3v) is 5.99. The van der Waals surface area contributed by atoms with Crippen molar-refractivity contribution in [1.29, 1.82) is 0 Å². The Hall–Kier alpha value is -2.47. The van der Waals surface area contributed by atoms with Gasteiger partial charge in [0.2, 0.25) is 11.8 Å². The van der Waals surface area contributed by atoms with Crippen molar-refractivity contribution >= 4 is 5.91 Å². The van der Waals surface area contributed by atoms with Crippen molar-refractivity contribution < 1.29 is 13.9 Å². The van der Waals surface area contributed by atoms with Gasteiger partial charge in [-0.1, -0.05) is 13.8 Å². The molecule has 1 saturated heterocycles. The largest absolute Gasteiger partial charge is 0.474 e. The number of hydrogen-bond acceptors (Lipinski definition) is 4. The topological polar surface area (TPSA) is 68.5 Å². The van der Waals surface area contributed by atoms with Gasteiger partial charge < -0.3 is 15.4 Å². The molecule has 1 aromatic carbocycles. The van der Waals surface area contributed by atoms with Gasteiger partial charge >= 0.3 is 0 Å². The summed E-state index contributed by atoms with van der Waals surface area (Å²) in [6.07, 6.45) is 0.883. The van der Waals surface area contributed by atoms with E-state index < -0.39 is 5.54 Å². The van der Waals surface area contributed by atoms with Gasteiger partial charge in [0.05, 0.1) is 5.69 Å². The van der Waals surface area contributed by atoms with Crippen molar-refractivity contribution in [3.8, 4) is 17.1 Å². The molecule has 1 saturated carbocycles. The molecule has 1 amide bonds. The van der Waals surface area contributed by atoms with Crippen molar-refractivity contribution in [3.05, 3.63) is 47.8 Å². The van der Waals surface area contributed by atoms with Crippen molar-refractivity contribution in [3.63, 3.8) is 0 Å². The fourth-order valence-corrected chi connectivity index (χ4v) is 4.04. The third kappa shape index (κ3) is 3.73. The number of nitrogens with two attached hydrogens (primary N) is 1. The molecule has 4 rings (SSSR count). The lowest BCUT2D eigenvalue weighted by atomic mass is 9.68. The van der Waals surface area contributed by atoms with E-state index in [0.29, 0.717) is 23.5 Å². The van der Waals surface area contributed by atoms with Gasteiger partial charge in [0, 0.05) is 48.0 Å². The number of rotatable bonds is 5. The Bertz CT molecular complexity index is 921. The summed E-state index contributed by atoms with van der Waals surface area (Å²) in [5, 5.41) is 0. The molecule has 0 unspecified atom stereocenters. The monoisotopic (exact) mass is 397 g/mol. The standard InChI is InChI=1S/C23H28FN3O2/c1-13(2)22(28)27-12-17-19(27)11-20(17)29-21-10-15(23(3,4)25)9-18(26-21)14-5-7-16(24)8-6-14/h5-10,13,17,19-20H,11-12,25H2,1-4H3/t17-,19-,20-/m1/s1. The predicted molar refractivity (Wildman–Crippen MR) is 110 cm³/mol. The minimum absolute atomic E-state index is 0.0271. The molecule has 0 spiro atoms. The molecule has 0 radical (unpaired) electrons. The smallest absolute Gasteiger partial charge is 0.225 e. The number of carbonyl (C=O) groups excluding carboxylic acids is 1. The van der Waals surface area contributed by atoms with Crippen LogP contribution in [-0.4, -0.2) is 34.5 Å². The van der Waals surface area contributed by atoms with Crippen LogP contribution in [0, 0.1) is 17.7 Å². The fourth-order valence-electron chi connectivity index (χ4n) is 4.04. The van der Waals surface area contributed by atoms with Gasteiger partial charge in [0.25, 0.3) is 0 Å². The second-order valence-corrected chi connectivity index (χ2v) is 9.08. The number of piperidine rings is 1. The van der Waals surface area contributed by atoms with Crippen molar-refractivity contribution in [2.45, 2.75) is 51.8 Å². The Kier molecular flexibility index (Phi) is 4.85. The van der Waals surface area contributed by atoms with Crippen molar-refractivity contribution in [2.24, 2.45) is 17.6 Å². The molecule has 1 aliphatic carbocycles. The summed E-state index contributed by atoms with van der Waals surface area (Å²) in [5.74, 6) is 0.847. The molecule has 3 atom stereocenters. The van der Waals surface area contributed by atoms with Gasteiger partial charge in [-0.2, -0.15) is 0 Å². The molecule has 5 nitrogen and oxygen atoms in total. The highest BCUT2D eigenvalue weighted by Gasteiger charge is 2.56. The van der Waals surface area contributed by atoms with Crippen LogP contribution in [0.5, 0.6) is 5.88 Å². The summed E-state index contributed by atoms with van der Waals surface area (Å²) in [6.45, 7) is 8.48. The maximum Gasteiger partial charge on any atom is 0.225 e. The average molecular weight is 397 g/mol. The second-order valence-electron chi connectivity index (χ2n) is 9.08. The molecule has 2 aromatic rings. The maximum atomic E-state index is 13.3. The normalized spacial score (nSPS) is 23.3. The van der Waals surface area contributed by atoms with Crippen LogP contribution in [0.2, 0.25) is 0 Å². The van der Waals surface area contributed by atoms with E-state index in [9.17, 15) is 9.18 Å². The first-order valence-electron chi connectivity index (χ1n) is 10.2. The Labute approximate surface area is 171 Å². The summed E-state index contributed by atoms with van der Waals surface area (Å²) in [5.41, 5.74) is 8.19. The van der Waals surface area contributed by atoms with E-state index in [-0.39, 0.29) is 23.7 Å². The van der Waals surface area contributed by atoms with Crippen LogP contribution < -0.4 is 10.5 Å². The van der Waals surface area contributed by atoms with E-state index in [1.54, 1.807) is 12.1 Å². The number of ether oxygens (including phenoxy) is 1. The first-order valence-corrected chi connectivity index (χ1v) is 10.2. The lowest BCUT2D eigenvalue weighted by Crippen LogP contribution is -2.72. The molecule has 2 aliphatic rings. The van der Waals surface area contributed by atoms with Gasteiger partial charge in [0.1, 0.15) is 11.9 Å². The number of benzene rings is 1. The molecule has 29 heavy (non-hydrogen) atoms. The number of hydrogen-bond donors (Lipinski definition) is 1. The van der Waals surface area contributed by atoms with Gasteiger partial charge in [0.15, 0.2) is 0 Å². The number of amides is 1. The van der Waals surface area contributed by atoms with Crippen LogP contribution in [0.15, 0.2) is 36.4 Å². The quantitative estimate of drug-likeness (QED) is 0.835. The zero-order valence-electron chi connectivity index (χ0n) is 17.4. The minimum Gasteiger partial charge on any atom is -0.474 e. The number of carbonyl (C=O) groups is 1. The number of fused-ring (bicyclic) bond motifs is 1. The van der Waals surface area contributed by atoms with Crippen LogP contribution in [0.3, 0.4) is 0 Å².